The van der Waals surface area contributed by atoms with Gasteiger partial charge in [0.25, 0.3) is 0 Å². The fraction of sp³-hybridized carbons (Fsp3) is 0.516. The number of Topliss-reactive ketones (excluding diaryl/α,β-unsaturated/α-hetero) is 1. The van der Waals surface area contributed by atoms with Gasteiger partial charge in [-0.05, 0) is 26.0 Å². The fourth-order valence-corrected chi connectivity index (χ4v) is 6.38. The van der Waals surface area contributed by atoms with E-state index in [4.69, 9.17) is 14.2 Å². The molecule has 0 unspecified atom stereocenters. The maximum absolute atomic E-state index is 13.8. The van der Waals surface area contributed by atoms with Gasteiger partial charge < -0.3 is 45.1 Å². The molecule has 0 amide bonds. The van der Waals surface area contributed by atoms with Gasteiger partial charge >= 0.3 is 0 Å². The summed E-state index contributed by atoms with van der Waals surface area (Å²) in [5, 5.41) is 58.1. The summed E-state index contributed by atoms with van der Waals surface area (Å²) in [5.74, 6) is -3.66. The van der Waals surface area contributed by atoms with Crippen LogP contribution in [0.25, 0.3) is 0 Å². The molecule has 12 nitrogen and oxygen atoms in total. The van der Waals surface area contributed by atoms with Gasteiger partial charge in [0, 0.05) is 42.0 Å². The van der Waals surface area contributed by atoms with Crippen LogP contribution in [0.1, 0.15) is 88.6 Å². The summed E-state index contributed by atoms with van der Waals surface area (Å²) < 4.78 is 17.4. The Morgan fingerprint density at radius 3 is 2.53 bits per heavy atom. The van der Waals surface area contributed by atoms with Crippen molar-refractivity contribution in [1.29, 1.82) is 0 Å². The third-order valence-electron chi connectivity index (χ3n) is 8.70. The fourth-order valence-electron chi connectivity index (χ4n) is 6.38. The summed E-state index contributed by atoms with van der Waals surface area (Å²) >= 11 is 0. The second kappa shape index (κ2) is 11.9. The number of aliphatic hydroxyl groups excluding tert-OH is 2. The molecule has 1 fully saturated rings. The Hall–Kier alpha value is -3.39. The molecule has 0 radical (unpaired) electrons. The maximum atomic E-state index is 13.8. The van der Waals surface area contributed by atoms with Crippen molar-refractivity contribution in [2.75, 3.05) is 20.3 Å². The molecule has 0 saturated carbocycles. The highest BCUT2D eigenvalue weighted by Crippen LogP contribution is 2.52. The largest absolute Gasteiger partial charge is 0.507 e. The average Bonchev–Trinajstić information content (AvgIpc) is 2.98. The van der Waals surface area contributed by atoms with Crippen LogP contribution in [-0.4, -0.2) is 93.3 Å². The third kappa shape index (κ3) is 5.22. The number of carbonyl (C=O) groups is 3. The van der Waals surface area contributed by atoms with Gasteiger partial charge in [0.05, 0.1) is 42.1 Å². The second-order valence-corrected chi connectivity index (χ2v) is 11.4. The van der Waals surface area contributed by atoms with Gasteiger partial charge in [-0.15, -0.1) is 0 Å². The number of methoxy groups -OCH3 is 1. The first-order valence-corrected chi connectivity index (χ1v) is 14.4. The first-order chi connectivity index (χ1) is 20.5. The molecule has 3 aliphatic rings. The zero-order chi connectivity index (χ0) is 31.2. The molecule has 0 aromatic heterocycles. The van der Waals surface area contributed by atoms with Crippen LogP contribution in [0.4, 0.5) is 0 Å². The Morgan fingerprint density at radius 1 is 1.14 bits per heavy atom. The molecule has 6 atom stereocenters. The van der Waals surface area contributed by atoms with E-state index in [0.29, 0.717) is 6.54 Å². The van der Waals surface area contributed by atoms with E-state index in [1.807, 2.05) is 6.92 Å². The van der Waals surface area contributed by atoms with Crippen LogP contribution < -0.4 is 10.1 Å². The van der Waals surface area contributed by atoms with Crippen LogP contribution in [0.15, 0.2) is 18.2 Å². The molecule has 12 heteroatoms. The molecular weight excluding hydrogens is 562 g/mol. The lowest BCUT2D eigenvalue weighted by molar-refractivity contribution is -0.249. The van der Waals surface area contributed by atoms with Gasteiger partial charge in [0.15, 0.2) is 17.9 Å². The van der Waals surface area contributed by atoms with Crippen molar-refractivity contribution in [2.24, 2.45) is 0 Å². The van der Waals surface area contributed by atoms with Gasteiger partial charge in [0.2, 0.25) is 5.78 Å². The van der Waals surface area contributed by atoms with Gasteiger partial charge in [0.1, 0.15) is 29.5 Å². The number of ether oxygens (including phenoxy) is 3. The standard InChI is InChI=1S/C31H37NO11/c1-4-5-9-32-17-10-21(42-14(2)26(17)35)43-19-12-31(40,20(34)13-33)11-16-23(19)30(39)25-24(28(16)37)27(36)15-7-6-8-18(41-3)22(15)29(25)38/h6-8,14,17,19,21,26,32-33,35,37,39-40H,4-5,9-13H2,1-3H3/t14-,17-,19-,21+,26+,31-/m0/s1. The van der Waals surface area contributed by atoms with E-state index in [1.165, 1.54) is 25.3 Å². The number of hydrogen-bond donors (Lipinski definition) is 6. The molecule has 1 heterocycles. The van der Waals surface area contributed by atoms with E-state index in [2.05, 4.69) is 5.32 Å². The Bertz CT molecular complexity index is 1460. The lowest BCUT2D eigenvalue weighted by Gasteiger charge is -2.43. The second-order valence-electron chi connectivity index (χ2n) is 11.4. The minimum absolute atomic E-state index is 0.0402. The van der Waals surface area contributed by atoms with Crippen molar-refractivity contribution < 1.29 is 54.1 Å². The Labute approximate surface area is 248 Å². The molecule has 5 rings (SSSR count). The van der Waals surface area contributed by atoms with E-state index in [1.54, 1.807) is 6.92 Å². The smallest absolute Gasteiger partial charge is 0.202 e. The molecule has 2 aromatic rings. The summed E-state index contributed by atoms with van der Waals surface area (Å²) in [6.07, 6.45) is -2.80. The van der Waals surface area contributed by atoms with Crippen LogP contribution >= 0.6 is 0 Å². The number of phenolic OH excluding ortho intramolecular Hbond substituents is 2. The number of fused-ring (bicyclic) bond motifs is 3. The lowest BCUT2D eigenvalue weighted by Crippen LogP contribution is -2.54. The van der Waals surface area contributed by atoms with Gasteiger partial charge in [-0.1, -0.05) is 25.5 Å². The summed E-state index contributed by atoms with van der Waals surface area (Å²) in [7, 11) is 1.34. The Kier molecular flexibility index (Phi) is 8.63. The van der Waals surface area contributed by atoms with Gasteiger partial charge in [-0.25, -0.2) is 0 Å². The number of phenols is 2. The number of unbranched alkanes of at least 4 members (excludes halogenated alkanes) is 1. The first kappa shape index (κ1) is 31.0. The number of ketones is 3. The van der Waals surface area contributed by atoms with Crippen molar-refractivity contribution in [2.45, 2.75) is 82.2 Å². The zero-order valence-electron chi connectivity index (χ0n) is 24.3. The van der Waals surface area contributed by atoms with Crippen LogP contribution in [0, 0.1) is 0 Å². The minimum atomic E-state index is -2.23. The molecule has 0 spiro atoms. The number of carbonyl (C=O) groups excluding carboxylic acids is 3. The molecule has 1 aliphatic heterocycles. The Morgan fingerprint density at radius 2 is 1.86 bits per heavy atom. The molecule has 0 bridgehead atoms. The van der Waals surface area contributed by atoms with E-state index in [9.17, 15) is 39.9 Å². The molecule has 1 saturated heterocycles. The molecule has 2 aromatic carbocycles. The van der Waals surface area contributed by atoms with Crippen LogP contribution in [0.2, 0.25) is 0 Å². The summed E-state index contributed by atoms with van der Waals surface area (Å²) in [4.78, 5) is 40.1. The summed E-state index contributed by atoms with van der Waals surface area (Å²) in [5.41, 5.74) is -3.50. The number of benzene rings is 2. The van der Waals surface area contributed by atoms with Crippen LogP contribution in [0.5, 0.6) is 17.2 Å². The first-order valence-electron chi connectivity index (χ1n) is 14.4. The number of rotatable bonds is 9. The van der Waals surface area contributed by atoms with Gasteiger partial charge in [-0.3, -0.25) is 14.4 Å². The quantitative estimate of drug-likeness (QED) is 0.153. The average molecular weight is 600 g/mol. The predicted octanol–water partition coefficient (Wildman–Crippen LogP) is 1.43. The van der Waals surface area contributed by atoms with Crippen LogP contribution in [-0.2, 0) is 20.7 Å². The van der Waals surface area contributed by atoms with E-state index < -0.39 is 95.7 Å². The summed E-state index contributed by atoms with van der Waals surface area (Å²) in [6.45, 7) is 3.35. The SMILES string of the molecule is CCCCN[C@H]1C[C@@H](O[C@H]2C[C@](O)(C(=O)CO)Cc3c(O)c4c(c(O)c32)C(=O)c2c(OC)cccc2C4=O)O[C@@H](C)[C@H]1O. The maximum Gasteiger partial charge on any atom is 0.202 e. The lowest BCUT2D eigenvalue weighted by atomic mass is 9.72. The van der Waals surface area contributed by atoms with E-state index in [0.717, 1.165) is 12.8 Å². The number of aliphatic hydroxyl groups is 3. The Balaban J connectivity index is 1.61. The van der Waals surface area contributed by atoms with Crippen molar-refractivity contribution in [3.63, 3.8) is 0 Å². The number of hydrogen-bond acceptors (Lipinski definition) is 12. The molecule has 43 heavy (non-hydrogen) atoms. The number of aromatic hydroxyl groups is 2. The van der Waals surface area contributed by atoms with Crippen LogP contribution in [0.3, 0.4) is 0 Å². The zero-order valence-corrected chi connectivity index (χ0v) is 24.3. The normalized spacial score (nSPS) is 28.2. The molecule has 2 aliphatic carbocycles. The predicted molar refractivity (Wildman–Crippen MR) is 150 cm³/mol. The van der Waals surface area contributed by atoms with Crippen molar-refractivity contribution in [1.82, 2.24) is 5.32 Å². The molecular formula is C31H37NO11. The van der Waals surface area contributed by atoms with E-state index in [-0.39, 0.29) is 34.4 Å². The van der Waals surface area contributed by atoms with Crippen molar-refractivity contribution in [3.05, 3.63) is 51.6 Å². The monoisotopic (exact) mass is 599 g/mol. The highest BCUT2D eigenvalue weighted by molar-refractivity contribution is 6.31. The summed E-state index contributed by atoms with van der Waals surface area (Å²) in [6, 6.07) is 4.00. The number of nitrogens with one attached hydrogen (secondary N) is 1. The minimum Gasteiger partial charge on any atom is -0.507 e. The molecule has 232 valence electrons. The van der Waals surface area contributed by atoms with E-state index >= 15 is 0 Å². The topological polar surface area (TPSA) is 192 Å². The third-order valence-corrected chi connectivity index (χ3v) is 8.70. The van der Waals surface area contributed by atoms with Crippen molar-refractivity contribution in [3.8, 4) is 17.2 Å². The molecule has 6 N–H and O–H groups in total. The van der Waals surface area contributed by atoms with Crippen molar-refractivity contribution >= 4 is 17.3 Å². The highest BCUT2D eigenvalue weighted by Gasteiger charge is 2.50. The highest BCUT2D eigenvalue weighted by atomic mass is 16.7. The van der Waals surface area contributed by atoms with Gasteiger partial charge in [-0.2, -0.15) is 0 Å².